The molecule has 0 atom stereocenters. The number of halogens is 7. The molecule has 0 bridgehead atoms. The molecule has 0 radical (unpaired) electrons. The van der Waals surface area contributed by atoms with Crippen LogP contribution < -0.4 is 36.7 Å². The summed E-state index contributed by atoms with van der Waals surface area (Å²) >= 11 is -0.264. The van der Waals surface area contributed by atoms with Crippen molar-refractivity contribution in [3.05, 3.63) is 67.6 Å². The average Bonchev–Trinajstić information content (AvgIpc) is 2.74. The van der Waals surface area contributed by atoms with E-state index in [0.717, 1.165) is 11.4 Å². The Hall–Kier alpha value is -2.46. The molecule has 0 aliphatic heterocycles. The van der Waals surface area contributed by atoms with Gasteiger partial charge >= 0.3 is 33.2 Å². The van der Waals surface area contributed by atoms with Gasteiger partial charge in [0, 0.05) is 25.2 Å². The number of allylic oxidation sites excluding steroid dienone is 1. The first kappa shape index (κ1) is 33.5. The molecule has 0 aliphatic carbocycles. The highest BCUT2D eigenvalue weighted by atomic mass is 127. The third kappa shape index (κ3) is 16.3. The predicted octanol–water partition coefficient (Wildman–Crippen LogP) is 0.840. The number of alkyl halides is 3. The molecule has 0 fully saturated rings. The Bertz CT molecular complexity index is 1010. The zero-order valence-electron chi connectivity index (χ0n) is 18.4. The number of carbonyl (C=O) groups is 2. The summed E-state index contributed by atoms with van der Waals surface area (Å²) in [4.78, 5) is 44.9. The van der Waals surface area contributed by atoms with Crippen molar-refractivity contribution in [1.82, 2.24) is 0 Å². The van der Waals surface area contributed by atoms with Gasteiger partial charge in [0.05, 0.1) is 0 Å². The lowest BCUT2D eigenvalue weighted by Gasteiger charge is -2.06. The fraction of sp³-hybridized carbons (Fsp3) is 0.200. The summed E-state index contributed by atoms with van der Waals surface area (Å²) in [5.41, 5.74) is 1.63. The third-order valence-corrected chi connectivity index (χ3v) is 5.89. The average molecular weight is 656 g/mol. The Morgan fingerprint density at radius 1 is 0.889 bits per heavy atom. The van der Waals surface area contributed by atoms with Gasteiger partial charge in [-0.15, -0.1) is 0 Å². The molecule has 0 saturated heterocycles. The van der Waals surface area contributed by atoms with Gasteiger partial charge in [-0.1, -0.05) is 0 Å². The number of hydrogen-bond acceptors (Lipinski definition) is 4. The van der Waals surface area contributed by atoms with Gasteiger partial charge in [-0.05, 0) is 48.5 Å². The molecule has 0 spiro atoms. The summed E-state index contributed by atoms with van der Waals surface area (Å²) < 4.78 is 78.7. The minimum Gasteiger partial charge on any atom is -0.756 e. The summed E-state index contributed by atoms with van der Waals surface area (Å²) in [6, 6.07) is 15.8. The van der Waals surface area contributed by atoms with E-state index in [1.165, 1.54) is 21.0 Å². The third-order valence-electron chi connectivity index (χ3n) is 3.20. The van der Waals surface area contributed by atoms with E-state index in [2.05, 4.69) is 10.6 Å². The monoisotopic (exact) mass is 656 g/mol. The van der Waals surface area contributed by atoms with Gasteiger partial charge < -0.3 is 25.3 Å². The van der Waals surface area contributed by atoms with E-state index in [4.69, 9.17) is 19.2 Å². The van der Waals surface area contributed by atoms with E-state index in [9.17, 15) is 35.9 Å². The van der Waals surface area contributed by atoms with Crippen LogP contribution in [0.25, 0.3) is 0 Å². The largest absolute Gasteiger partial charge is 0.756 e. The number of hydrogen-bond donors (Lipinski definition) is 4. The highest BCUT2D eigenvalue weighted by Crippen LogP contribution is 2.29. The molecule has 0 heterocycles. The Kier molecular flexibility index (Phi) is 14.5. The van der Waals surface area contributed by atoms with Gasteiger partial charge in [-0.25, -0.2) is 4.39 Å². The molecule has 8 nitrogen and oxygen atoms in total. The van der Waals surface area contributed by atoms with Crippen LogP contribution in [0.2, 0.25) is 0 Å². The zero-order chi connectivity index (χ0) is 28.1. The lowest BCUT2D eigenvalue weighted by atomic mass is 10.3. The lowest BCUT2D eigenvalue weighted by molar-refractivity contribution is -0.597. The van der Waals surface area contributed by atoms with Crippen molar-refractivity contribution in [3.63, 3.8) is 0 Å². The summed E-state index contributed by atoms with van der Waals surface area (Å²) in [5, 5.41) is 5.51. The van der Waals surface area contributed by atoms with E-state index in [1.54, 1.807) is 0 Å². The molecule has 0 unspecified atom stereocenters. The van der Waals surface area contributed by atoms with Crippen LogP contribution in [-0.4, -0.2) is 34.2 Å². The number of benzene rings is 2. The van der Waals surface area contributed by atoms with Crippen molar-refractivity contribution in [3.8, 4) is 0 Å². The number of carbonyl (C=O) groups excluding carboxylic acids is 2. The highest BCUT2D eigenvalue weighted by Gasteiger charge is 2.39. The van der Waals surface area contributed by atoms with Crippen LogP contribution in [0.3, 0.4) is 0 Å². The standard InChI is InChI=1S/C16H15IN2O2.C4H2F6.H3O4P/c1-11(20)18-15-7-3-13(4-8-15)17-14-5-9-16(10-6-14)19-12(2)21;5-1-4(9,10)2(6)3(7)8;1-5(2,3)4/h3-10H,1-2H3,(H-,18,19,20,21);1H2;(H3,1,2,3,4). The zero-order valence-corrected chi connectivity index (χ0v) is 21.5. The number of anilines is 2. The fourth-order valence-electron chi connectivity index (χ4n) is 1.92. The van der Waals surface area contributed by atoms with Crippen molar-refractivity contribution in [2.24, 2.45) is 0 Å². The molecule has 2 rings (SSSR count). The van der Waals surface area contributed by atoms with Gasteiger partial charge in [0.25, 0.3) is 7.82 Å². The predicted molar refractivity (Wildman–Crippen MR) is 112 cm³/mol. The Morgan fingerprint density at radius 3 is 1.39 bits per heavy atom. The lowest BCUT2D eigenvalue weighted by Crippen LogP contribution is -3.61. The molecule has 2 aromatic rings. The Morgan fingerprint density at radius 2 is 1.19 bits per heavy atom. The first-order chi connectivity index (χ1) is 16.4. The van der Waals surface area contributed by atoms with Gasteiger partial charge in [0.1, 0.15) is 0 Å². The van der Waals surface area contributed by atoms with E-state index in [0.29, 0.717) is 0 Å². The van der Waals surface area contributed by atoms with Crippen molar-refractivity contribution in [2.75, 3.05) is 17.3 Å². The molecule has 4 N–H and O–H groups in total. The van der Waals surface area contributed by atoms with Crippen LogP contribution in [0.15, 0.2) is 60.4 Å². The van der Waals surface area contributed by atoms with Crippen molar-refractivity contribution in [1.29, 1.82) is 0 Å². The molecule has 0 aromatic heterocycles. The second kappa shape index (κ2) is 15.6. The first-order valence-electron chi connectivity index (χ1n) is 9.26. The molecule has 200 valence electrons. The maximum Gasteiger partial charge on any atom is 0.357 e. The van der Waals surface area contributed by atoms with Crippen LogP contribution in [0.1, 0.15) is 13.8 Å². The quantitative estimate of drug-likeness (QED) is 0.207. The topological polar surface area (TPSA) is 139 Å². The van der Waals surface area contributed by atoms with Gasteiger partial charge in [0.2, 0.25) is 17.6 Å². The smallest absolute Gasteiger partial charge is 0.357 e. The fourth-order valence-corrected chi connectivity index (χ4v) is 4.08. The van der Waals surface area contributed by atoms with E-state index >= 15 is 0 Å². The second-order valence-corrected chi connectivity index (χ2v) is 10.4. The molecular formula is C20H20F6IN2O6P. The molecular weight excluding hydrogens is 636 g/mol. The first-order valence-corrected chi connectivity index (χ1v) is 12.9. The summed E-state index contributed by atoms with van der Waals surface area (Å²) in [5.74, 6) is -7.81. The van der Waals surface area contributed by atoms with Crippen LogP contribution in [-0.2, 0) is 14.2 Å². The van der Waals surface area contributed by atoms with Gasteiger partial charge in [-0.3, -0.25) is 14.2 Å². The minimum atomic E-state index is -4.89. The van der Waals surface area contributed by atoms with Gasteiger partial charge in [0.15, 0.2) is 13.8 Å². The van der Waals surface area contributed by atoms with E-state index in [-0.39, 0.29) is 33.0 Å². The SMILES string of the molecule is CC(=O)Nc1ccc([I+]c2ccc(NC(C)=O)cc2)cc1.FCC(F)(F)C(F)=C(F)F.O=P([O-])(O)O. The molecule has 0 aliphatic rings. The summed E-state index contributed by atoms with van der Waals surface area (Å²) in [6.07, 6.45) is -3.19. The molecule has 0 saturated carbocycles. The van der Waals surface area contributed by atoms with Crippen molar-refractivity contribution in [2.45, 2.75) is 19.8 Å². The number of phosphoric acid groups is 1. The molecule has 2 amide bonds. The molecule has 2 aromatic carbocycles. The van der Waals surface area contributed by atoms with Crippen molar-refractivity contribution < 1.29 is 76.4 Å². The molecule has 16 heteroatoms. The summed E-state index contributed by atoms with van der Waals surface area (Å²) in [7, 11) is -4.89. The number of rotatable bonds is 6. The number of amides is 2. The van der Waals surface area contributed by atoms with Crippen LogP contribution in [0.4, 0.5) is 37.7 Å². The Labute approximate surface area is 211 Å². The van der Waals surface area contributed by atoms with Gasteiger partial charge in [-0.2, -0.15) is 22.0 Å². The maximum absolute atomic E-state index is 11.5. The van der Waals surface area contributed by atoms with E-state index in [1.807, 2.05) is 48.5 Å². The molecule has 36 heavy (non-hydrogen) atoms. The van der Waals surface area contributed by atoms with Crippen molar-refractivity contribution >= 4 is 31.0 Å². The normalized spacial score (nSPS) is 10.6. The maximum atomic E-state index is 11.5. The van der Waals surface area contributed by atoms with Crippen LogP contribution in [0, 0.1) is 7.14 Å². The number of nitrogens with one attached hydrogen (secondary N) is 2. The van der Waals surface area contributed by atoms with Crippen LogP contribution in [0.5, 0.6) is 0 Å². The second-order valence-electron chi connectivity index (χ2n) is 6.37. The van der Waals surface area contributed by atoms with E-state index < -0.39 is 32.3 Å². The minimum absolute atomic E-state index is 0.0639. The summed E-state index contributed by atoms with van der Waals surface area (Å²) in [6.45, 7) is 0.533. The van der Waals surface area contributed by atoms with Crippen LogP contribution >= 0.6 is 7.82 Å². The Balaban J connectivity index is 0.000000680. The highest BCUT2D eigenvalue weighted by molar-refractivity contribution is 7.43.